The van der Waals surface area contributed by atoms with Gasteiger partial charge in [-0.1, -0.05) is 189 Å². The van der Waals surface area contributed by atoms with Crippen LogP contribution >= 0.6 is 0 Å². The molecule has 7 aromatic carbocycles. The van der Waals surface area contributed by atoms with Crippen LogP contribution in [0.4, 0.5) is 0 Å². The first kappa shape index (κ1) is 29.4. The third-order valence-corrected chi connectivity index (χ3v) is 13.2. The molecule has 0 saturated carbocycles. The molecule has 0 nitrogen and oxygen atoms in total. The molecule has 9 rings (SSSR count). The molecule has 0 heteroatoms. The minimum absolute atomic E-state index is 0.0954. The molecule has 0 atom stereocenters. The minimum atomic E-state index is -0.382. The SMILES string of the molecule is [2H]c1c([2H])c([2H])c(-c2c3ccccc3c(-c3ccc(-c4ccc(-c5cccc6c5C(C)(C)CCC6(C)C)cc4)c4c3C(C)(C)CCC4(C)C)c3ccccc23)c([2H])c1[2H]. The number of hydrogen-bond acceptors (Lipinski definition) is 0. The Hall–Kier alpha value is -4.94. The van der Waals surface area contributed by atoms with E-state index < -0.39 is 0 Å². The Morgan fingerprint density at radius 1 is 0.370 bits per heavy atom. The van der Waals surface area contributed by atoms with Gasteiger partial charge in [-0.2, -0.15) is 0 Å². The van der Waals surface area contributed by atoms with Gasteiger partial charge in [0.25, 0.3) is 0 Å². The summed E-state index contributed by atoms with van der Waals surface area (Å²) in [6, 6.07) is 36.0. The summed E-state index contributed by atoms with van der Waals surface area (Å²) < 4.78 is 43.5. The van der Waals surface area contributed by atoms with Crippen molar-refractivity contribution in [3.8, 4) is 44.5 Å². The molecule has 2 aliphatic rings. The van der Waals surface area contributed by atoms with Crippen molar-refractivity contribution < 1.29 is 6.85 Å². The predicted octanol–water partition coefficient (Wildman–Crippen LogP) is 15.4. The van der Waals surface area contributed by atoms with Crippen molar-refractivity contribution in [1.29, 1.82) is 0 Å². The Morgan fingerprint density at radius 2 is 0.796 bits per heavy atom. The van der Waals surface area contributed by atoms with Crippen LogP contribution in [-0.2, 0) is 21.7 Å². The summed E-state index contributed by atoms with van der Waals surface area (Å²) in [7, 11) is 0. The lowest BCUT2D eigenvalue weighted by molar-refractivity contribution is 0.333. The molecule has 0 fully saturated rings. The molecule has 0 saturated heterocycles. The van der Waals surface area contributed by atoms with Crippen molar-refractivity contribution in [2.75, 3.05) is 0 Å². The van der Waals surface area contributed by atoms with Crippen molar-refractivity contribution in [3.63, 3.8) is 0 Å². The van der Waals surface area contributed by atoms with Gasteiger partial charge in [0, 0.05) is 0 Å². The van der Waals surface area contributed by atoms with Crippen LogP contribution in [0.25, 0.3) is 66.1 Å². The zero-order valence-electron chi connectivity index (χ0n) is 38.1. The first-order valence-corrected chi connectivity index (χ1v) is 19.8. The van der Waals surface area contributed by atoms with Crippen molar-refractivity contribution in [3.05, 3.63) is 156 Å². The largest absolute Gasteiger partial charge is 0.0629 e. The second-order valence-electron chi connectivity index (χ2n) is 18.6. The van der Waals surface area contributed by atoms with E-state index in [1.54, 1.807) is 0 Å². The lowest BCUT2D eigenvalue weighted by atomic mass is 9.59. The van der Waals surface area contributed by atoms with Crippen molar-refractivity contribution in [2.45, 2.75) is 103 Å². The van der Waals surface area contributed by atoms with E-state index in [2.05, 4.69) is 134 Å². The fourth-order valence-electron chi connectivity index (χ4n) is 10.2. The monoisotopic (exact) mass is 707 g/mol. The van der Waals surface area contributed by atoms with Gasteiger partial charge in [-0.3, -0.25) is 0 Å². The summed E-state index contributed by atoms with van der Waals surface area (Å²) in [4.78, 5) is 0. The molecule has 0 radical (unpaired) electrons. The van der Waals surface area contributed by atoms with Crippen molar-refractivity contribution in [2.24, 2.45) is 0 Å². The topological polar surface area (TPSA) is 0 Å². The quantitative estimate of drug-likeness (QED) is 0.160. The Kier molecular flexibility index (Phi) is 6.70. The lowest BCUT2D eigenvalue weighted by Gasteiger charge is -2.44. The molecule has 0 amide bonds. The van der Waals surface area contributed by atoms with Crippen LogP contribution in [0.1, 0.15) is 110 Å². The number of rotatable bonds is 4. The van der Waals surface area contributed by atoms with Crippen LogP contribution in [-0.4, -0.2) is 0 Å². The summed E-state index contributed by atoms with van der Waals surface area (Å²) in [5.41, 5.74) is 14.1. The molecule has 0 spiro atoms. The molecular weight excluding hydrogens is 649 g/mol. The van der Waals surface area contributed by atoms with Crippen molar-refractivity contribution in [1.82, 2.24) is 0 Å². The smallest absolute Gasteiger partial charge is 0.0622 e. The average molecular weight is 708 g/mol. The van der Waals surface area contributed by atoms with Gasteiger partial charge in [-0.05, 0) is 136 Å². The summed E-state index contributed by atoms with van der Waals surface area (Å²) in [5.74, 6) is 0. The molecule has 270 valence electrons. The molecule has 0 bridgehead atoms. The first-order valence-electron chi connectivity index (χ1n) is 22.3. The van der Waals surface area contributed by atoms with Gasteiger partial charge in [-0.25, -0.2) is 0 Å². The third kappa shape index (κ3) is 5.39. The fourth-order valence-corrected chi connectivity index (χ4v) is 10.2. The van der Waals surface area contributed by atoms with E-state index in [1.807, 2.05) is 24.3 Å². The van der Waals surface area contributed by atoms with Crippen LogP contribution in [0.3, 0.4) is 0 Å². The van der Waals surface area contributed by atoms with Crippen molar-refractivity contribution >= 4 is 21.5 Å². The highest BCUT2D eigenvalue weighted by molar-refractivity contribution is 6.21. The van der Waals surface area contributed by atoms with Gasteiger partial charge in [0.05, 0.1) is 6.85 Å². The van der Waals surface area contributed by atoms with Crippen LogP contribution in [0.2, 0.25) is 0 Å². The highest BCUT2D eigenvalue weighted by Crippen LogP contribution is 2.55. The maximum atomic E-state index is 9.03. The van der Waals surface area contributed by atoms with Crippen LogP contribution in [0.5, 0.6) is 0 Å². The summed E-state index contributed by atoms with van der Waals surface area (Å²) in [6.07, 6.45) is 4.48. The highest BCUT2D eigenvalue weighted by Gasteiger charge is 2.42. The molecule has 54 heavy (non-hydrogen) atoms. The van der Waals surface area contributed by atoms with Gasteiger partial charge >= 0.3 is 0 Å². The summed E-state index contributed by atoms with van der Waals surface area (Å²) >= 11 is 0. The van der Waals surface area contributed by atoms with E-state index in [-0.39, 0.29) is 57.4 Å². The predicted molar refractivity (Wildman–Crippen MR) is 234 cm³/mol. The molecule has 7 aromatic rings. The molecule has 0 aromatic heterocycles. The van der Waals surface area contributed by atoms with E-state index in [4.69, 9.17) is 6.85 Å². The maximum absolute atomic E-state index is 9.03. The Labute approximate surface area is 330 Å². The van der Waals surface area contributed by atoms with Gasteiger partial charge in [0.1, 0.15) is 0 Å². The van der Waals surface area contributed by atoms with E-state index in [0.717, 1.165) is 39.9 Å². The second kappa shape index (κ2) is 12.3. The zero-order chi connectivity index (χ0) is 42.0. The fraction of sp³-hybridized carbons (Fsp3) is 0.296. The first-order chi connectivity index (χ1) is 27.9. The number of benzene rings is 7. The third-order valence-electron chi connectivity index (χ3n) is 13.2. The zero-order valence-corrected chi connectivity index (χ0v) is 33.1. The Balaban J connectivity index is 1.29. The lowest BCUT2D eigenvalue weighted by Crippen LogP contribution is -2.35. The van der Waals surface area contributed by atoms with E-state index in [9.17, 15) is 0 Å². The highest BCUT2D eigenvalue weighted by atomic mass is 14.5. The standard InChI is InChI=1S/C54H54/c1-51(2)31-32-52(3,4)48-38(23-16-24-45(48)51)35-25-27-36(28-26-35)39-29-30-44(50-49(39)53(5,6)33-34-54(50,7)8)47-42-21-14-12-19-40(42)46(37-17-10-9-11-18-37)41-20-13-15-22-43(41)47/h9-30H,31-34H2,1-8H3/i9D,10D,11D,17D,18D. The van der Waals surface area contributed by atoms with E-state index in [0.29, 0.717) is 5.56 Å². The summed E-state index contributed by atoms with van der Waals surface area (Å²) in [5, 5.41) is 3.75. The van der Waals surface area contributed by atoms with Crippen LogP contribution in [0.15, 0.2) is 133 Å². The molecule has 0 unspecified atom stereocenters. The molecule has 2 aliphatic carbocycles. The van der Waals surface area contributed by atoms with Gasteiger partial charge in [0.15, 0.2) is 0 Å². The Morgan fingerprint density at radius 3 is 1.33 bits per heavy atom. The van der Waals surface area contributed by atoms with Crippen LogP contribution < -0.4 is 0 Å². The van der Waals surface area contributed by atoms with Gasteiger partial charge < -0.3 is 0 Å². The summed E-state index contributed by atoms with van der Waals surface area (Å²) in [6.45, 7) is 19.2. The normalized spacial score (nSPS) is 19.2. The second-order valence-corrected chi connectivity index (χ2v) is 18.6. The van der Waals surface area contributed by atoms with Crippen LogP contribution in [0, 0.1) is 0 Å². The van der Waals surface area contributed by atoms with E-state index >= 15 is 0 Å². The van der Waals surface area contributed by atoms with Gasteiger partial charge in [0.2, 0.25) is 0 Å². The molecule has 0 N–H and O–H groups in total. The molecule has 0 heterocycles. The number of hydrogen-bond donors (Lipinski definition) is 0. The molecule has 0 aliphatic heterocycles. The molecular formula is C54H54. The number of fused-ring (bicyclic) bond motifs is 4. The average Bonchev–Trinajstić information content (AvgIpc) is 3.22. The minimum Gasteiger partial charge on any atom is -0.0622 e. The van der Waals surface area contributed by atoms with Gasteiger partial charge in [-0.15, -0.1) is 0 Å². The maximum Gasteiger partial charge on any atom is 0.0629 e. The Bertz CT molecular complexity index is 2790. The van der Waals surface area contributed by atoms with E-state index in [1.165, 1.54) is 62.9 Å².